The largest absolute Gasteiger partial charge is 0.462 e. The first kappa shape index (κ1) is 22.3. The Morgan fingerprint density at radius 3 is 2.78 bits per heavy atom. The Morgan fingerprint density at radius 2 is 2.00 bits per heavy atom. The SMILES string of the molecule is CCOC(=O)c1c(NC(=O)COC(=O)c2ccc3c(c2)NC(=O)C(C)S3)sc2c1CCC2. The van der Waals surface area contributed by atoms with E-state index in [1.54, 1.807) is 26.0 Å². The van der Waals surface area contributed by atoms with E-state index < -0.39 is 24.5 Å². The van der Waals surface area contributed by atoms with E-state index >= 15 is 0 Å². The normalized spacial score (nSPS) is 16.6. The summed E-state index contributed by atoms with van der Waals surface area (Å²) in [6, 6.07) is 4.87. The smallest absolute Gasteiger partial charge is 0.341 e. The van der Waals surface area contributed by atoms with Crippen LogP contribution in [0, 0.1) is 0 Å². The molecule has 2 aliphatic rings. The van der Waals surface area contributed by atoms with Crippen molar-refractivity contribution in [3.8, 4) is 0 Å². The van der Waals surface area contributed by atoms with Gasteiger partial charge in [0, 0.05) is 9.77 Å². The van der Waals surface area contributed by atoms with Gasteiger partial charge in [0.2, 0.25) is 5.91 Å². The first-order valence-corrected chi connectivity index (χ1v) is 12.0. The van der Waals surface area contributed by atoms with Crippen molar-refractivity contribution in [3.63, 3.8) is 0 Å². The summed E-state index contributed by atoms with van der Waals surface area (Å²) < 4.78 is 10.3. The Morgan fingerprint density at radius 1 is 1.19 bits per heavy atom. The molecule has 0 bridgehead atoms. The number of carbonyl (C=O) groups is 4. The van der Waals surface area contributed by atoms with Crippen LogP contribution in [0.1, 0.15) is 51.4 Å². The van der Waals surface area contributed by atoms with Gasteiger partial charge in [-0.15, -0.1) is 23.1 Å². The van der Waals surface area contributed by atoms with Crippen molar-refractivity contribution in [2.75, 3.05) is 23.8 Å². The molecule has 0 radical (unpaired) electrons. The molecule has 1 aliphatic carbocycles. The number of thioether (sulfide) groups is 1. The molecule has 1 atom stereocenters. The molecule has 1 aliphatic heterocycles. The number of thiophene rings is 1. The maximum absolute atomic E-state index is 12.4. The highest BCUT2D eigenvalue weighted by Crippen LogP contribution is 2.39. The maximum atomic E-state index is 12.4. The summed E-state index contributed by atoms with van der Waals surface area (Å²) in [5, 5.41) is 5.67. The van der Waals surface area contributed by atoms with Gasteiger partial charge in [0.15, 0.2) is 6.61 Å². The third-order valence-corrected chi connectivity index (χ3v) is 7.52. The fourth-order valence-corrected chi connectivity index (χ4v) is 5.85. The molecule has 32 heavy (non-hydrogen) atoms. The average molecular weight is 475 g/mol. The zero-order chi connectivity index (χ0) is 22.8. The third kappa shape index (κ3) is 4.51. The molecule has 2 amide bonds. The van der Waals surface area contributed by atoms with E-state index in [2.05, 4.69) is 10.6 Å². The second kappa shape index (κ2) is 9.33. The summed E-state index contributed by atoms with van der Waals surface area (Å²) in [6.45, 7) is 3.28. The van der Waals surface area contributed by atoms with Crippen molar-refractivity contribution in [2.45, 2.75) is 43.3 Å². The number of amides is 2. The lowest BCUT2D eigenvalue weighted by molar-refractivity contribution is -0.119. The summed E-state index contributed by atoms with van der Waals surface area (Å²) in [6.07, 6.45) is 2.61. The quantitative estimate of drug-likeness (QED) is 0.615. The third-order valence-electron chi connectivity index (χ3n) is 5.13. The van der Waals surface area contributed by atoms with Gasteiger partial charge in [-0.05, 0) is 56.9 Å². The van der Waals surface area contributed by atoms with E-state index in [1.807, 2.05) is 0 Å². The second-order valence-corrected chi connectivity index (χ2v) is 9.85. The van der Waals surface area contributed by atoms with Crippen molar-refractivity contribution in [1.82, 2.24) is 0 Å². The molecule has 1 aromatic heterocycles. The van der Waals surface area contributed by atoms with E-state index in [0.717, 1.165) is 34.6 Å². The number of benzene rings is 1. The fraction of sp³-hybridized carbons (Fsp3) is 0.364. The number of anilines is 2. The molecule has 8 nitrogen and oxygen atoms in total. The van der Waals surface area contributed by atoms with Crippen LogP contribution in [-0.4, -0.2) is 42.2 Å². The van der Waals surface area contributed by atoms with Crippen LogP contribution >= 0.6 is 23.1 Å². The van der Waals surface area contributed by atoms with Crippen molar-refractivity contribution in [1.29, 1.82) is 0 Å². The molecule has 1 unspecified atom stereocenters. The number of esters is 2. The van der Waals surface area contributed by atoms with Crippen molar-refractivity contribution >= 4 is 57.5 Å². The number of hydrogen-bond donors (Lipinski definition) is 2. The van der Waals surface area contributed by atoms with Crippen molar-refractivity contribution in [2.24, 2.45) is 0 Å². The first-order valence-electron chi connectivity index (χ1n) is 10.3. The molecule has 0 saturated carbocycles. The zero-order valence-electron chi connectivity index (χ0n) is 17.6. The molecular formula is C22H22N2O6S2. The highest BCUT2D eigenvalue weighted by Gasteiger charge is 2.29. The highest BCUT2D eigenvalue weighted by atomic mass is 32.2. The zero-order valence-corrected chi connectivity index (χ0v) is 19.2. The standard InChI is InChI=1S/C22H22N2O6S2/c1-3-29-22(28)18-13-5-4-6-15(13)32-20(18)24-17(25)10-30-21(27)12-7-8-16-14(9-12)23-19(26)11(2)31-16/h7-9,11H,3-6,10H2,1-2H3,(H,23,26)(H,24,25). The Bertz CT molecular complexity index is 1110. The molecule has 2 N–H and O–H groups in total. The fourth-order valence-electron chi connectivity index (χ4n) is 3.62. The Hall–Kier alpha value is -2.85. The van der Waals surface area contributed by atoms with Crippen LogP contribution in [-0.2, 0) is 31.9 Å². The van der Waals surface area contributed by atoms with Gasteiger partial charge in [-0.1, -0.05) is 0 Å². The van der Waals surface area contributed by atoms with Crippen LogP contribution in [0.4, 0.5) is 10.7 Å². The van der Waals surface area contributed by atoms with E-state index in [-0.39, 0.29) is 23.3 Å². The predicted molar refractivity (Wildman–Crippen MR) is 122 cm³/mol. The predicted octanol–water partition coefficient (Wildman–Crippen LogP) is 3.64. The summed E-state index contributed by atoms with van der Waals surface area (Å²) in [7, 11) is 0. The molecule has 2 aromatic rings. The minimum Gasteiger partial charge on any atom is -0.462 e. The lowest BCUT2D eigenvalue weighted by atomic mass is 10.1. The van der Waals surface area contributed by atoms with E-state index in [4.69, 9.17) is 9.47 Å². The number of aryl methyl sites for hydroxylation is 1. The maximum Gasteiger partial charge on any atom is 0.341 e. The van der Waals surface area contributed by atoms with Crippen molar-refractivity contribution in [3.05, 3.63) is 39.8 Å². The molecule has 0 spiro atoms. The summed E-state index contributed by atoms with van der Waals surface area (Å²) in [5.74, 6) is -1.81. The summed E-state index contributed by atoms with van der Waals surface area (Å²) in [4.78, 5) is 51.0. The lowest BCUT2D eigenvalue weighted by Gasteiger charge is -2.21. The molecular weight excluding hydrogens is 452 g/mol. The Balaban J connectivity index is 1.40. The van der Waals surface area contributed by atoms with Gasteiger partial charge in [-0.2, -0.15) is 0 Å². The van der Waals surface area contributed by atoms with Crippen LogP contribution in [0.3, 0.4) is 0 Å². The minimum absolute atomic E-state index is 0.132. The Kier molecular flexibility index (Phi) is 6.52. The number of hydrogen-bond acceptors (Lipinski definition) is 8. The topological polar surface area (TPSA) is 111 Å². The molecule has 10 heteroatoms. The van der Waals surface area contributed by atoms with E-state index in [0.29, 0.717) is 16.3 Å². The number of ether oxygens (including phenoxy) is 2. The molecule has 168 valence electrons. The molecule has 1 aromatic carbocycles. The van der Waals surface area contributed by atoms with Crippen molar-refractivity contribution < 1.29 is 28.7 Å². The van der Waals surface area contributed by atoms with Crippen LogP contribution in [0.2, 0.25) is 0 Å². The van der Waals surface area contributed by atoms with Gasteiger partial charge >= 0.3 is 11.9 Å². The summed E-state index contributed by atoms with van der Waals surface area (Å²) in [5.41, 5.74) is 2.11. The van der Waals surface area contributed by atoms with Gasteiger partial charge in [0.25, 0.3) is 5.91 Å². The van der Waals surface area contributed by atoms with Gasteiger partial charge in [-0.3, -0.25) is 9.59 Å². The Labute approximate surface area is 193 Å². The van der Waals surface area contributed by atoms with Crippen LogP contribution in [0.5, 0.6) is 0 Å². The molecule has 0 fully saturated rings. The number of carbonyl (C=O) groups excluding carboxylic acids is 4. The number of nitrogens with one attached hydrogen (secondary N) is 2. The van der Waals surface area contributed by atoms with Gasteiger partial charge in [0.05, 0.1) is 28.7 Å². The van der Waals surface area contributed by atoms with Crippen LogP contribution < -0.4 is 10.6 Å². The number of fused-ring (bicyclic) bond motifs is 2. The molecule has 4 rings (SSSR count). The van der Waals surface area contributed by atoms with Gasteiger partial charge in [-0.25, -0.2) is 9.59 Å². The van der Waals surface area contributed by atoms with Gasteiger partial charge < -0.3 is 20.1 Å². The van der Waals surface area contributed by atoms with Gasteiger partial charge in [0.1, 0.15) is 5.00 Å². The minimum atomic E-state index is -0.680. The highest BCUT2D eigenvalue weighted by molar-refractivity contribution is 8.00. The first-order chi connectivity index (χ1) is 15.4. The van der Waals surface area contributed by atoms with Crippen LogP contribution in [0.25, 0.3) is 0 Å². The summed E-state index contributed by atoms with van der Waals surface area (Å²) >= 11 is 2.77. The second-order valence-electron chi connectivity index (χ2n) is 7.37. The lowest BCUT2D eigenvalue weighted by Crippen LogP contribution is -2.26. The van der Waals surface area contributed by atoms with E-state index in [1.165, 1.54) is 29.2 Å². The average Bonchev–Trinajstić information content (AvgIpc) is 3.33. The molecule has 2 heterocycles. The molecule has 0 saturated heterocycles. The monoisotopic (exact) mass is 474 g/mol. The van der Waals surface area contributed by atoms with Crippen LogP contribution in [0.15, 0.2) is 23.1 Å². The number of rotatable bonds is 6. The van der Waals surface area contributed by atoms with E-state index in [9.17, 15) is 19.2 Å².